The lowest BCUT2D eigenvalue weighted by atomic mass is 10.2. The van der Waals surface area contributed by atoms with E-state index in [1.807, 2.05) is 24.3 Å². The maximum atomic E-state index is 12.5. The Labute approximate surface area is 144 Å². The fourth-order valence-corrected chi connectivity index (χ4v) is 4.28. The number of pyridine rings is 1. The van der Waals surface area contributed by atoms with Crippen molar-refractivity contribution in [3.8, 4) is 0 Å². The van der Waals surface area contributed by atoms with Crippen molar-refractivity contribution in [2.24, 2.45) is 0 Å². The van der Waals surface area contributed by atoms with E-state index in [2.05, 4.69) is 26.2 Å². The average molecular weight is 396 g/mol. The minimum absolute atomic E-state index is 0.366. The van der Waals surface area contributed by atoms with E-state index in [1.165, 1.54) is 0 Å². The van der Waals surface area contributed by atoms with E-state index in [9.17, 15) is 8.42 Å². The predicted molar refractivity (Wildman–Crippen MR) is 93.7 cm³/mol. The predicted octanol–water partition coefficient (Wildman–Crippen LogP) is 3.24. The van der Waals surface area contributed by atoms with Crippen LogP contribution in [0.4, 0.5) is 5.82 Å². The van der Waals surface area contributed by atoms with Crippen LogP contribution in [-0.4, -0.2) is 30.8 Å². The molecule has 2 aromatic rings. The smallest absolute Gasteiger partial charge is 0.243 e. The second-order valence-corrected chi connectivity index (χ2v) is 8.32. The maximum absolute atomic E-state index is 12.5. The normalized spacial score (nSPS) is 15.7. The van der Waals surface area contributed by atoms with E-state index in [0.717, 1.165) is 28.7 Å². The highest BCUT2D eigenvalue weighted by Gasteiger charge is 2.26. The van der Waals surface area contributed by atoms with E-state index >= 15 is 0 Å². The van der Waals surface area contributed by atoms with Crippen LogP contribution in [0.15, 0.2) is 52.0 Å². The van der Waals surface area contributed by atoms with Crippen LogP contribution in [0.3, 0.4) is 0 Å². The maximum Gasteiger partial charge on any atom is 0.243 e. The summed E-state index contributed by atoms with van der Waals surface area (Å²) < 4.78 is 27.4. The second kappa shape index (κ2) is 6.98. The topological polar surface area (TPSA) is 62.3 Å². The summed E-state index contributed by atoms with van der Waals surface area (Å²) in [4.78, 5) is 4.61. The molecule has 2 heterocycles. The van der Waals surface area contributed by atoms with Crippen LogP contribution in [0.5, 0.6) is 0 Å². The summed E-state index contributed by atoms with van der Waals surface area (Å²) in [6, 6.07) is 10.8. The molecule has 3 rings (SSSR count). The molecule has 0 amide bonds. The third-order valence-electron chi connectivity index (χ3n) is 3.83. The lowest BCUT2D eigenvalue weighted by Crippen LogP contribution is -2.27. The van der Waals surface area contributed by atoms with Gasteiger partial charge in [-0.05, 0) is 58.6 Å². The number of nitrogens with one attached hydrogen (secondary N) is 1. The van der Waals surface area contributed by atoms with Crippen LogP contribution in [-0.2, 0) is 16.6 Å². The minimum Gasteiger partial charge on any atom is -0.366 e. The summed E-state index contributed by atoms with van der Waals surface area (Å²) in [5.74, 6) is 0.780. The summed E-state index contributed by atoms with van der Waals surface area (Å²) in [7, 11) is -3.33. The van der Waals surface area contributed by atoms with Crippen molar-refractivity contribution < 1.29 is 8.42 Å². The Morgan fingerprint density at radius 2 is 1.78 bits per heavy atom. The zero-order valence-electron chi connectivity index (χ0n) is 12.6. The molecular formula is C16H18BrN3O2S. The van der Waals surface area contributed by atoms with Crippen LogP contribution < -0.4 is 5.32 Å². The molecule has 7 heteroatoms. The molecule has 1 aliphatic rings. The van der Waals surface area contributed by atoms with Crippen molar-refractivity contribution in [1.82, 2.24) is 9.29 Å². The lowest BCUT2D eigenvalue weighted by Gasteiger charge is -2.15. The molecule has 1 aromatic heterocycles. The molecule has 0 spiro atoms. The molecule has 0 atom stereocenters. The molecule has 1 N–H and O–H groups in total. The van der Waals surface area contributed by atoms with E-state index in [4.69, 9.17) is 0 Å². The molecule has 0 bridgehead atoms. The number of benzene rings is 1. The first-order valence-corrected chi connectivity index (χ1v) is 9.73. The van der Waals surface area contributed by atoms with Crippen molar-refractivity contribution in [1.29, 1.82) is 0 Å². The molecule has 0 radical (unpaired) electrons. The third-order valence-corrected chi connectivity index (χ3v) is 6.21. The van der Waals surface area contributed by atoms with Crippen LogP contribution in [0.1, 0.15) is 18.4 Å². The highest BCUT2D eigenvalue weighted by molar-refractivity contribution is 9.10. The Morgan fingerprint density at radius 1 is 1.09 bits per heavy atom. The van der Waals surface area contributed by atoms with Gasteiger partial charge in [-0.1, -0.05) is 12.1 Å². The Balaban J connectivity index is 1.66. The molecule has 1 fully saturated rings. The van der Waals surface area contributed by atoms with Gasteiger partial charge in [0.25, 0.3) is 0 Å². The molecular weight excluding hydrogens is 378 g/mol. The van der Waals surface area contributed by atoms with Crippen molar-refractivity contribution in [3.63, 3.8) is 0 Å². The third kappa shape index (κ3) is 3.91. The van der Waals surface area contributed by atoms with Gasteiger partial charge in [-0.3, -0.25) is 0 Å². The van der Waals surface area contributed by atoms with E-state index in [-0.39, 0.29) is 0 Å². The standard InChI is InChI=1S/C16H18BrN3O2S/c17-14-5-8-16(19-12-14)18-11-13-3-6-15(7-4-13)23(21,22)20-9-1-2-10-20/h3-8,12H,1-2,9-11H2,(H,18,19). The van der Waals surface area contributed by atoms with Crippen molar-refractivity contribution >= 4 is 31.8 Å². The van der Waals surface area contributed by atoms with Crippen molar-refractivity contribution in [3.05, 3.63) is 52.6 Å². The number of sulfonamides is 1. The van der Waals surface area contributed by atoms with Gasteiger partial charge < -0.3 is 5.32 Å². The molecule has 1 aliphatic heterocycles. The van der Waals surface area contributed by atoms with Gasteiger partial charge in [0, 0.05) is 30.3 Å². The Kier molecular flexibility index (Phi) is 4.99. The molecule has 0 unspecified atom stereocenters. The van der Waals surface area contributed by atoms with Gasteiger partial charge in [-0.15, -0.1) is 0 Å². The van der Waals surface area contributed by atoms with Crippen LogP contribution in [0.25, 0.3) is 0 Å². The highest BCUT2D eigenvalue weighted by Crippen LogP contribution is 2.21. The summed E-state index contributed by atoms with van der Waals surface area (Å²) in [6.45, 7) is 1.85. The first kappa shape index (κ1) is 16.4. The van der Waals surface area contributed by atoms with Gasteiger partial charge in [0.15, 0.2) is 0 Å². The van der Waals surface area contributed by atoms with Crippen LogP contribution >= 0.6 is 15.9 Å². The van der Waals surface area contributed by atoms with Gasteiger partial charge in [-0.25, -0.2) is 13.4 Å². The summed E-state index contributed by atoms with van der Waals surface area (Å²) >= 11 is 3.34. The Bertz CT molecular complexity index is 755. The van der Waals surface area contributed by atoms with Gasteiger partial charge in [0.1, 0.15) is 5.82 Å². The molecule has 5 nitrogen and oxygen atoms in total. The summed E-state index contributed by atoms with van der Waals surface area (Å²) in [6.07, 6.45) is 3.62. The van der Waals surface area contributed by atoms with Gasteiger partial charge in [0.2, 0.25) is 10.0 Å². The monoisotopic (exact) mass is 395 g/mol. The Hall–Kier alpha value is -1.44. The van der Waals surface area contributed by atoms with Gasteiger partial charge >= 0.3 is 0 Å². The number of halogens is 1. The van der Waals surface area contributed by atoms with Crippen LogP contribution in [0, 0.1) is 0 Å². The number of hydrogen-bond donors (Lipinski definition) is 1. The summed E-state index contributed by atoms with van der Waals surface area (Å²) in [5.41, 5.74) is 1.01. The number of nitrogens with zero attached hydrogens (tertiary/aromatic N) is 2. The largest absolute Gasteiger partial charge is 0.366 e. The van der Waals surface area contributed by atoms with Crippen molar-refractivity contribution in [2.75, 3.05) is 18.4 Å². The lowest BCUT2D eigenvalue weighted by molar-refractivity contribution is 0.477. The van der Waals surface area contributed by atoms with Gasteiger partial charge in [-0.2, -0.15) is 4.31 Å². The quantitative estimate of drug-likeness (QED) is 0.843. The molecule has 122 valence electrons. The van der Waals surface area contributed by atoms with Crippen molar-refractivity contribution in [2.45, 2.75) is 24.3 Å². The zero-order valence-corrected chi connectivity index (χ0v) is 15.0. The molecule has 0 aliphatic carbocycles. The molecule has 0 saturated carbocycles. The Morgan fingerprint density at radius 3 is 2.39 bits per heavy atom. The molecule has 1 saturated heterocycles. The van der Waals surface area contributed by atoms with E-state index < -0.39 is 10.0 Å². The molecule has 23 heavy (non-hydrogen) atoms. The summed E-state index contributed by atoms with van der Waals surface area (Å²) in [5, 5.41) is 3.21. The minimum atomic E-state index is -3.33. The zero-order chi connectivity index (χ0) is 16.3. The highest BCUT2D eigenvalue weighted by atomic mass is 79.9. The average Bonchev–Trinajstić information content (AvgIpc) is 3.10. The fraction of sp³-hybridized carbons (Fsp3) is 0.312. The second-order valence-electron chi connectivity index (χ2n) is 5.47. The fourth-order valence-electron chi connectivity index (χ4n) is 2.53. The first-order valence-electron chi connectivity index (χ1n) is 7.50. The van der Waals surface area contributed by atoms with Crippen LogP contribution in [0.2, 0.25) is 0 Å². The van der Waals surface area contributed by atoms with Gasteiger partial charge in [0.05, 0.1) is 4.90 Å². The van der Waals surface area contributed by atoms with E-state index in [1.54, 1.807) is 22.6 Å². The first-order chi connectivity index (χ1) is 11.1. The molecule has 1 aromatic carbocycles. The SMILES string of the molecule is O=S(=O)(c1ccc(CNc2ccc(Br)cn2)cc1)N1CCCC1. The number of rotatable bonds is 5. The number of aromatic nitrogens is 1. The number of hydrogen-bond acceptors (Lipinski definition) is 4. The number of anilines is 1. The van der Waals surface area contributed by atoms with E-state index in [0.29, 0.717) is 24.5 Å².